The van der Waals surface area contributed by atoms with E-state index in [-0.39, 0.29) is 18.2 Å². The Hall–Kier alpha value is -0.900. The second-order valence-electron chi connectivity index (χ2n) is 3.38. The molecule has 1 heterocycles. The van der Waals surface area contributed by atoms with Crippen LogP contribution in [0.1, 0.15) is 19.8 Å². The van der Waals surface area contributed by atoms with Gasteiger partial charge in [0.2, 0.25) is 5.91 Å². The highest BCUT2D eigenvalue weighted by Crippen LogP contribution is 2.15. The van der Waals surface area contributed by atoms with E-state index in [1.807, 2.05) is 0 Å². The van der Waals surface area contributed by atoms with Gasteiger partial charge in [0.1, 0.15) is 0 Å². The Morgan fingerprint density at radius 1 is 1.54 bits per heavy atom. The summed E-state index contributed by atoms with van der Waals surface area (Å²) in [6, 6.07) is 0. The predicted octanol–water partition coefficient (Wildman–Crippen LogP) is 0.118. The Labute approximate surface area is 77.6 Å². The van der Waals surface area contributed by atoms with Gasteiger partial charge in [-0.2, -0.15) is 0 Å². The number of ketones is 1. The number of carbonyl (C=O) groups excluding carboxylic acids is 2. The maximum atomic E-state index is 11.2. The van der Waals surface area contributed by atoms with E-state index in [9.17, 15) is 9.59 Å². The zero-order chi connectivity index (χ0) is 9.68. The zero-order valence-corrected chi connectivity index (χ0v) is 7.84. The molecule has 1 atom stereocenters. The van der Waals surface area contributed by atoms with Crippen molar-refractivity contribution in [2.45, 2.75) is 19.8 Å². The minimum atomic E-state index is -0.156. The van der Waals surface area contributed by atoms with E-state index in [1.165, 1.54) is 6.92 Å². The summed E-state index contributed by atoms with van der Waals surface area (Å²) in [5.41, 5.74) is 0. The van der Waals surface area contributed by atoms with Crippen LogP contribution in [0.15, 0.2) is 0 Å². The summed E-state index contributed by atoms with van der Waals surface area (Å²) in [5.74, 6) is 0.294. The SMILES string of the molecule is CC(=O)NCC(=O)CC1CCOC1. The summed E-state index contributed by atoms with van der Waals surface area (Å²) in [5, 5.41) is 2.49. The summed E-state index contributed by atoms with van der Waals surface area (Å²) in [6.07, 6.45) is 1.49. The number of nitrogens with one attached hydrogen (secondary N) is 1. The topological polar surface area (TPSA) is 55.4 Å². The van der Waals surface area contributed by atoms with Crippen LogP contribution in [0.5, 0.6) is 0 Å². The second-order valence-corrected chi connectivity index (χ2v) is 3.38. The Balaban J connectivity index is 2.13. The summed E-state index contributed by atoms with van der Waals surface area (Å²) < 4.78 is 5.14. The number of Topliss-reactive ketones (excluding diaryl/α,β-unsaturated/α-hetero) is 1. The van der Waals surface area contributed by atoms with Gasteiger partial charge >= 0.3 is 0 Å². The number of carbonyl (C=O) groups is 2. The lowest BCUT2D eigenvalue weighted by atomic mass is 10.0. The van der Waals surface area contributed by atoms with Gasteiger partial charge in [-0.3, -0.25) is 9.59 Å². The summed E-state index contributed by atoms with van der Waals surface area (Å²) in [6.45, 7) is 3.02. The van der Waals surface area contributed by atoms with Crippen LogP contribution in [-0.2, 0) is 14.3 Å². The number of hydrogen-bond acceptors (Lipinski definition) is 3. The summed E-state index contributed by atoms with van der Waals surface area (Å²) in [4.78, 5) is 21.7. The molecule has 0 aromatic heterocycles. The van der Waals surface area contributed by atoms with Crippen molar-refractivity contribution in [3.05, 3.63) is 0 Å². The normalized spacial score (nSPS) is 21.5. The molecule has 1 N–H and O–H groups in total. The van der Waals surface area contributed by atoms with Crippen molar-refractivity contribution in [2.75, 3.05) is 19.8 Å². The minimum Gasteiger partial charge on any atom is -0.381 e. The van der Waals surface area contributed by atoms with Gasteiger partial charge in [0.05, 0.1) is 6.54 Å². The fourth-order valence-corrected chi connectivity index (χ4v) is 1.36. The van der Waals surface area contributed by atoms with E-state index in [4.69, 9.17) is 4.74 Å². The molecule has 1 aliphatic rings. The molecule has 0 spiro atoms. The Morgan fingerprint density at radius 2 is 2.31 bits per heavy atom. The molecular formula is C9H15NO3. The van der Waals surface area contributed by atoms with Gasteiger partial charge in [0.25, 0.3) is 0 Å². The lowest BCUT2D eigenvalue weighted by molar-refractivity contribution is -0.124. The number of amides is 1. The minimum absolute atomic E-state index is 0.0886. The van der Waals surface area contributed by atoms with Crippen molar-refractivity contribution < 1.29 is 14.3 Å². The highest BCUT2D eigenvalue weighted by molar-refractivity contribution is 5.85. The first kappa shape index (κ1) is 10.2. The second kappa shape index (κ2) is 4.97. The molecule has 0 aromatic rings. The third-order valence-corrected chi connectivity index (χ3v) is 2.07. The van der Waals surface area contributed by atoms with Crippen LogP contribution in [0.2, 0.25) is 0 Å². The molecule has 1 saturated heterocycles. The Bertz CT molecular complexity index is 197. The summed E-state index contributed by atoms with van der Waals surface area (Å²) in [7, 11) is 0. The molecule has 4 nitrogen and oxygen atoms in total. The molecule has 4 heteroatoms. The first-order valence-corrected chi connectivity index (χ1v) is 4.52. The largest absolute Gasteiger partial charge is 0.381 e. The van der Waals surface area contributed by atoms with Gasteiger partial charge in [-0.05, 0) is 12.3 Å². The average molecular weight is 185 g/mol. The lowest BCUT2D eigenvalue weighted by Gasteiger charge is -2.05. The Morgan fingerprint density at radius 3 is 2.85 bits per heavy atom. The standard InChI is InChI=1S/C9H15NO3/c1-7(11)10-5-9(12)4-8-2-3-13-6-8/h8H,2-6H2,1H3,(H,10,11). The van der Waals surface area contributed by atoms with E-state index in [0.717, 1.165) is 13.0 Å². The van der Waals surface area contributed by atoms with Crippen LogP contribution >= 0.6 is 0 Å². The molecule has 13 heavy (non-hydrogen) atoms. The smallest absolute Gasteiger partial charge is 0.217 e. The van der Waals surface area contributed by atoms with Gasteiger partial charge in [0, 0.05) is 26.6 Å². The molecule has 1 aliphatic heterocycles. The molecule has 0 radical (unpaired) electrons. The Kier molecular flexibility index (Phi) is 3.89. The van der Waals surface area contributed by atoms with Gasteiger partial charge < -0.3 is 10.1 Å². The third-order valence-electron chi connectivity index (χ3n) is 2.07. The number of hydrogen-bond donors (Lipinski definition) is 1. The van der Waals surface area contributed by atoms with Crippen molar-refractivity contribution in [1.29, 1.82) is 0 Å². The number of rotatable bonds is 4. The van der Waals surface area contributed by atoms with Crippen LogP contribution in [0, 0.1) is 5.92 Å². The fraction of sp³-hybridized carbons (Fsp3) is 0.778. The van der Waals surface area contributed by atoms with E-state index in [1.54, 1.807) is 0 Å². The lowest BCUT2D eigenvalue weighted by Crippen LogP contribution is -2.28. The predicted molar refractivity (Wildman–Crippen MR) is 47.2 cm³/mol. The van der Waals surface area contributed by atoms with E-state index >= 15 is 0 Å². The fourth-order valence-electron chi connectivity index (χ4n) is 1.36. The van der Waals surface area contributed by atoms with Crippen LogP contribution in [0.4, 0.5) is 0 Å². The molecule has 0 saturated carbocycles. The van der Waals surface area contributed by atoms with Gasteiger partial charge in [-0.1, -0.05) is 0 Å². The monoisotopic (exact) mass is 185 g/mol. The van der Waals surface area contributed by atoms with Crippen molar-refractivity contribution in [3.63, 3.8) is 0 Å². The van der Waals surface area contributed by atoms with Crippen molar-refractivity contribution in [2.24, 2.45) is 5.92 Å². The molecule has 1 amide bonds. The molecule has 0 aliphatic carbocycles. The van der Waals surface area contributed by atoms with E-state index < -0.39 is 0 Å². The maximum Gasteiger partial charge on any atom is 0.217 e. The molecule has 1 unspecified atom stereocenters. The highest BCUT2D eigenvalue weighted by atomic mass is 16.5. The van der Waals surface area contributed by atoms with Gasteiger partial charge in [-0.15, -0.1) is 0 Å². The summed E-state index contributed by atoms with van der Waals surface area (Å²) >= 11 is 0. The van der Waals surface area contributed by atoms with Gasteiger partial charge in [0.15, 0.2) is 5.78 Å². The van der Waals surface area contributed by atoms with Crippen LogP contribution in [0.25, 0.3) is 0 Å². The first-order valence-electron chi connectivity index (χ1n) is 4.52. The van der Waals surface area contributed by atoms with Crippen molar-refractivity contribution in [1.82, 2.24) is 5.32 Å². The van der Waals surface area contributed by atoms with Gasteiger partial charge in [-0.25, -0.2) is 0 Å². The van der Waals surface area contributed by atoms with Crippen LogP contribution in [-0.4, -0.2) is 31.4 Å². The molecule has 1 rings (SSSR count). The number of ether oxygens (including phenoxy) is 1. The zero-order valence-electron chi connectivity index (χ0n) is 7.84. The maximum absolute atomic E-state index is 11.2. The average Bonchev–Trinajstić information content (AvgIpc) is 2.53. The first-order chi connectivity index (χ1) is 6.18. The molecule has 0 bridgehead atoms. The van der Waals surface area contributed by atoms with E-state index in [0.29, 0.717) is 18.9 Å². The quantitative estimate of drug-likeness (QED) is 0.676. The molecular weight excluding hydrogens is 170 g/mol. The van der Waals surface area contributed by atoms with Crippen LogP contribution in [0.3, 0.4) is 0 Å². The molecule has 0 aromatic carbocycles. The third kappa shape index (κ3) is 4.03. The van der Waals surface area contributed by atoms with Crippen molar-refractivity contribution in [3.8, 4) is 0 Å². The van der Waals surface area contributed by atoms with Crippen LogP contribution < -0.4 is 5.32 Å². The molecule has 1 fully saturated rings. The molecule has 74 valence electrons. The van der Waals surface area contributed by atoms with Crippen molar-refractivity contribution >= 4 is 11.7 Å². The van der Waals surface area contributed by atoms with E-state index in [2.05, 4.69) is 5.32 Å². The highest BCUT2D eigenvalue weighted by Gasteiger charge is 2.18.